The normalized spacial score (nSPS) is 14.5. The van der Waals surface area contributed by atoms with Crippen LogP contribution in [0.15, 0.2) is 53.4 Å². The first-order chi connectivity index (χ1) is 14.7. The number of rotatable bonds is 12. The summed E-state index contributed by atoms with van der Waals surface area (Å²) < 4.78 is 35.6. The highest BCUT2D eigenvalue weighted by Gasteiger charge is 2.46. The Hall–Kier alpha value is -2.58. The third-order valence-corrected chi connectivity index (χ3v) is 7.81. The maximum Gasteiger partial charge on any atom is 0.239 e. The van der Waals surface area contributed by atoms with Crippen LogP contribution in [0.4, 0.5) is 0 Å². The highest BCUT2D eigenvalue weighted by atomic mass is 32.2. The van der Waals surface area contributed by atoms with E-state index in [1.165, 1.54) is 38.3 Å². The number of nitrogens with one attached hydrogen (secondary N) is 1. The van der Waals surface area contributed by atoms with Crippen molar-refractivity contribution in [1.29, 1.82) is 0 Å². The lowest BCUT2D eigenvalue weighted by atomic mass is 9.99. The molecule has 2 aromatic rings. The zero-order valence-corrected chi connectivity index (χ0v) is 19.4. The van der Waals surface area contributed by atoms with Crippen LogP contribution in [-0.4, -0.2) is 45.4 Å². The first-order valence-electron chi connectivity index (χ1n) is 10.3. The van der Waals surface area contributed by atoms with E-state index in [1.54, 1.807) is 24.3 Å². The largest absolute Gasteiger partial charge is 0.497 e. The number of hydrogen-bond acceptors (Lipinski definition) is 6. The van der Waals surface area contributed by atoms with Gasteiger partial charge in [-0.25, -0.2) is 8.42 Å². The second-order valence-corrected chi connectivity index (χ2v) is 9.95. The van der Waals surface area contributed by atoms with Gasteiger partial charge in [-0.15, -0.1) is 0 Å². The number of amides is 1. The minimum Gasteiger partial charge on any atom is -0.497 e. The molecule has 0 saturated heterocycles. The summed E-state index contributed by atoms with van der Waals surface area (Å²) in [6.07, 6.45) is 0.901. The molecule has 170 valence electrons. The van der Waals surface area contributed by atoms with Gasteiger partial charge >= 0.3 is 0 Å². The summed E-state index contributed by atoms with van der Waals surface area (Å²) in [6.45, 7) is 6.91. The summed E-state index contributed by atoms with van der Waals surface area (Å²) in [7, 11) is -2.54. The molecule has 0 heterocycles. The molecule has 0 spiro atoms. The Balaban J connectivity index is 2.21. The van der Waals surface area contributed by atoms with Gasteiger partial charge in [0.1, 0.15) is 18.1 Å². The van der Waals surface area contributed by atoms with Crippen molar-refractivity contribution in [2.75, 3.05) is 20.3 Å². The highest BCUT2D eigenvalue weighted by molar-refractivity contribution is 7.93. The Morgan fingerprint density at radius 2 is 1.65 bits per heavy atom. The van der Waals surface area contributed by atoms with Gasteiger partial charge in [-0.1, -0.05) is 26.0 Å². The summed E-state index contributed by atoms with van der Waals surface area (Å²) in [6, 6.07) is 13.2. The van der Waals surface area contributed by atoms with Crippen LogP contribution in [-0.2, 0) is 21.1 Å². The SMILES string of the molecule is CCNC(CC)COc1ccc(CC(C)(C(N)=O)S(=O)(=O)c2ccc(OC)cc2)cc1. The van der Waals surface area contributed by atoms with E-state index >= 15 is 0 Å². The molecule has 1 amide bonds. The van der Waals surface area contributed by atoms with E-state index in [-0.39, 0.29) is 17.4 Å². The molecule has 0 fully saturated rings. The Labute approximate surface area is 184 Å². The van der Waals surface area contributed by atoms with Crippen molar-refractivity contribution < 1.29 is 22.7 Å². The maximum atomic E-state index is 13.3. The van der Waals surface area contributed by atoms with Crippen LogP contribution in [0, 0.1) is 0 Å². The molecule has 2 unspecified atom stereocenters. The minimum absolute atomic E-state index is 0.0172. The van der Waals surface area contributed by atoms with Gasteiger partial charge in [-0.3, -0.25) is 4.79 Å². The molecule has 31 heavy (non-hydrogen) atoms. The van der Waals surface area contributed by atoms with Crippen LogP contribution < -0.4 is 20.5 Å². The van der Waals surface area contributed by atoms with Gasteiger partial charge in [-0.2, -0.15) is 0 Å². The van der Waals surface area contributed by atoms with Crippen LogP contribution in [0.2, 0.25) is 0 Å². The molecule has 2 aromatic carbocycles. The first-order valence-corrected chi connectivity index (χ1v) is 11.8. The van der Waals surface area contributed by atoms with Crippen molar-refractivity contribution in [3.63, 3.8) is 0 Å². The van der Waals surface area contributed by atoms with Crippen LogP contribution in [0.1, 0.15) is 32.8 Å². The molecule has 2 rings (SSSR count). The van der Waals surface area contributed by atoms with Crippen molar-refractivity contribution in [1.82, 2.24) is 5.32 Å². The van der Waals surface area contributed by atoms with E-state index in [9.17, 15) is 13.2 Å². The van der Waals surface area contributed by atoms with Crippen molar-refractivity contribution in [3.8, 4) is 11.5 Å². The molecule has 0 radical (unpaired) electrons. The van der Waals surface area contributed by atoms with Crippen molar-refractivity contribution in [3.05, 3.63) is 54.1 Å². The lowest BCUT2D eigenvalue weighted by Crippen LogP contribution is -2.49. The lowest BCUT2D eigenvalue weighted by Gasteiger charge is -2.26. The summed E-state index contributed by atoms with van der Waals surface area (Å²) >= 11 is 0. The van der Waals surface area contributed by atoms with Gasteiger partial charge in [0.15, 0.2) is 14.6 Å². The van der Waals surface area contributed by atoms with E-state index in [4.69, 9.17) is 15.2 Å². The average molecular weight is 449 g/mol. The molecule has 8 heteroatoms. The smallest absolute Gasteiger partial charge is 0.239 e. The summed E-state index contributed by atoms with van der Waals surface area (Å²) in [5.41, 5.74) is 6.25. The Bertz CT molecular complexity index is 958. The predicted octanol–water partition coefficient (Wildman–Crippen LogP) is 2.72. The van der Waals surface area contributed by atoms with Crippen LogP contribution in [0.5, 0.6) is 11.5 Å². The molecule has 7 nitrogen and oxygen atoms in total. The predicted molar refractivity (Wildman–Crippen MR) is 121 cm³/mol. The number of ether oxygens (including phenoxy) is 2. The van der Waals surface area contributed by atoms with Gasteiger partial charge in [0.2, 0.25) is 5.91 Å². The number of likely N-dealkylation sites (N-methyl/N-ethyl adjacent to an activating group) is 1. The molecular weight excluding hydrogens is 416 g/mol. The molecule has 0 aliphatic carbocycles. The average Bonchev–Trinajstić information content (AvgIpc) is 2.77. The standard InChI is InChI=1S/C23H32N2O5S/c1-5-18(25-6-2)16-30-20-9-7-17(8-10-20)15-23(3,22(24)26)31(27,28)21-13-11-19(29-4)12-14-21/h7-14,18,25H,5-6,15-16H2,1-4H3,(H2,24,26). The number of hydrogen-bond donors (Lipinski definition) is 2. The number of carbonyl (C=O) groups is 1. The summed E-state index contributed by atoms with van der Waals surface area (Å²) in [5.74, 6) is 0.300. The van der Waals surface area contributed by atoms with Gasteiger partial charge in [0.05, 0.1) is 12.0 Å². The fourth-order valence-corrected chi connectivity index (χ4v) is 4.87. The monoisotopic (exact) mass is 448 g/mol. The minimum atomic E-state index is -4.03. The molecule has 0 aliphatic heterocycles. The summed E-state index contributed by atoms with van der Waals surface area (Å²) in [5, 5.41) is 3.35. The number of primary amides is 1. The number of carbonyl (C=O) groups excluding carboxylic acids is 1. The quantitative estimate of drug-likeness (QED) is 0.517. The number of nitrogens with two attached hydrogens (primary N) is 1. The van der Waals surface area contributed by atoms with Gasteiger partial charge in [0.25, 0.3) is 0 Å². The number of sulfone groups is 1. The molecular formula is C23H32N2O5S. The molecule has 0 aliphatic rings. The lowest BCUT2D eigenvalue weighted by molar-refractivity contribution is -0.120. The zero-order valence-electron chi connectivity index (χ0n) is 18.6. The third kappa shape index (κ3) is 5.77. The zero-order chi connectivity index (χ0) is 23.1. The van der Waals surface area contributed by atoms with E-state index < -0.39 is 20.5 Å². The van der Waals surface area contributed by atoms with Crippen molar-refractivity contribution in [2.24, 2.45) is 5.73 Å². The van der Waals surface area contributed by atoms with Gasteiger partial charge in [0, 0.05) is 12.5 Å². The molecule has 0 bridgehead atoms. The van der Waals surface area contributed by atoms with Crippen LogP contribution >= 0.6 is 0 Å². The fourth-order valence-electron chi connectivity index (χ4n) is 3.23. The van der Waals surface area contributed by atoms with Crippen LogP contribution in [0.3, 0.4) is 0 Å². The highest BCUT2D eigenvalue weighted by Crippen LogP contribution is 2.31. The number of benzene rings is 2. The van der Waals surface area contributed by atoms with Crippen molar-refractivity contribution >= 4 is 15.7 Å². The molecule has 0 aromatic heterocycles. The third-order valence-electron chi connectivity index (χ3n) is 5.39. The molecule has 2 atom stereocenters. The Morgan fingerprint density at radius 3 is 2.13 bits per heavy atom. The molecule has 3 N–H and O–H groups in total. The molecule has 0 saturated carbocycles. The van der Waals surface area contributed by atoms with E-state index in [0.717, 1.165) is 13.0 Å². The van der Waals surface area contributed by atoms with E-state index in [2.05, 4.69) is 12.2 Å². The van der Waals surface area contributed by atoms with Crippen LogP contribution in [0.25, 0.3) is 0 Å². The Morgan fingerprint density at radius 1 is 1.06 bits per heavy atom. The van der Waals surface area contributed by atoms with Gasteiger partial charge in [-0.05, 0) is 61.9 Å². The number of methoxy groups -OCH3 is 1. The summed E-state index contributed by atoms with van der Waals surface area (Å²) in [4.78, 5) is 12.3. The van der Waals surface area contributed by atoms with Crippen molar-refractivity contribution in [2.45, 2.75) is 49.3 Å². The Kier molecular flexibility index (Phi) is 8.47. The topological polar surface area (TPSA) is 108 Å². The maximum absolute atomic E-state index is 13.3. The fraction of sp³-hybridized carbons (Fsp3) is 0.435. The first kappa shape index (κ1) is 24.7. The second kappa shape index (κ2) is 10.6. The van der Waals surface area contributed by atoms with Gasteiger partial charge < -0.3 is 20.5 Å². The second-order valence-electron chi connectivity index (χ2n) is 7.57. The van der Waals surface area contributed by atoms with E-state index in [0.29, 0.717) is 23.7 Å². The van der Waals surface area contributed by atoms with E-state index in [1.807, 2.05) is 6.92 Å².